The Bertz CT molecular complexity index is 224. The first-order valence-corrected chi connectivity index (χ1v) is 8.88. The van der Waals surface area contributed by atoms with E-state index in [0.29, 0.717) is 0 Å². The molecule has 0 unspecified atom stereocenters. The molecule has 0 bridgehead atoms. The second kappa shape index (κ2) is 17.9. The van der Waals surface area contributed by atoms with Crippen LogP contribution < -0.4 is 0 Å². The summed E-state index contributed by atoms with van der Waals surface area (Å²) >= 11 is 0. The first-order valence-electron chi connectivity index (χ1n) is 8.43. The van der Waals surface area contributed by atoms with E-state index in [9.17, 15) is 0 Å². The standard InChI is InChI=1S/C18H33P/c1-2-3-4-5-6-7-8-9-10-11-12-13-14-15-16-17-18-19/h9-10H,2-8,11-17H2,1H3. The molecule has 1 heteroatoms. The van der Waals surface area contributed by atoms with Gasteiger partial charge in [-0.15, -0.1) is 0 Å². The summed E-state index contributed by atoms with van der Waals surface area (Å²) in [7, 11) is 3.98. The van der Waals surface area contributed by atoms with E-state index in [2.05, 4.69) is 33.4 Å². The minimum absolute atomic E-state index is 1.04. The van der Waals surface area contributed by atoms with Gasteiger partial charge in [-0.2, -0.15) is 0 Å². The van der Waals surface area contributed by atoms with E-state index in [4.69, 9.17) is 0 Å². The van der Waals surface area contributed by atoms with Gasteiger partial charge in [0.15, 0.2) is 0 Å². The fraction of sp³-hybridized carbons (Fsp3) is 0.833. The Morgan fingerprint density at radius 1 is 0.684 bits per heavy atom. The number of hydrogen-bond donors (Lipinski definition) is 0. The summed E-state index contributed by atoms with van der Waals surface area (Å²) in [6.07, 6.45) is 23.6. The SMILES string of the molecule is CCCCCCCCC=CCCCCCCCC#P. The topological polar surface area (TPSA) is 0 Å². The third kappa shape index (κ3) is 17.9. The van der Waals surface area contributed by atoms with Crippen molar-refractivity contribution in [3.8, 4) is 5.63 Å². The van der Waals surface area contributed by atoms with Crippen LogP contribution >= 0.6 is 8.70 Å². The molecule has 0 aromatic carbocycles. The van der Waals surface area contributed by atoms with E-state index in [1.165, 1.54) is 83.5 Å². The van der Waals surface area contributed by atoms with Crippen LogP contribution in [0.2, 0.25) is 0 Å². The van der Waals surface area contributed by atoms with Gasteiger partial charge < -0.3 is 0 Å². The average Bonchev–Trinajstić information content (AvgIpc) is 2.43. The van der Waals surface area contributed by atoms with Crippen molar-refractivity contribution in [1.29, 1.82) is 0 Å². The number of unbranched alkanes of at least 4 members (excludes halogenated alkanes) is 12. The Morgan fingerprint density at radius 3 is 1.68 bits per heavy atom. The van der Waals surface area contributed by atoms with Gasteiger partial charge in [0.05, 0.1) is 0 Å². The van der Waals surface area contributed by atoms with Gasteiger partial charge in [0.1, 0.15) is 0 Å². The van der Waals surface area contributed by atoms with Crippen LogP contribution in [-0.4, -0.2) is 0 Å². The zero-order valence-electron chi connectivity index (χ0n) is 13.0. The van der Waals surface area contributed by atoms with Crippen molar-refractivity contribution in [2.24, 2.45) is 0 Å². The Labute approximate surface area is 124 Å². The molecular weight excluding hydrogens is 247 g/mol. The Morgan fingerprint density at radius 2 is 1.16 bits per heavy atom. The van der Waals surface area contributed by atoms with Crippen molar-refractivity contribution in [2.45, 2.75) is 96.8 Å². The van der Waals surface area contributed by atoms with Crippen molar-refractivity contribution in [3.63, 3.8) is 0 Å². The van der Waals surface area contributed by atoms with Gasteiger partial charge in [-0.05, 0) is 0 Å². The van der Waals surface area contributed by atoms with E-state index in [1.807, 2.05) is 0 Å². The third-order valence-corrected chi connectivity index (χ3v) is 3.77. The predicted octanol–water partition coefficient (Wildman–Crippen LogP) is 7.39. The normalized spacial score (nSPS) is 10.9. The van der Waals surface area contributed by atoms with E-state index in [-0.39, 0.29) is 0 Å². The first-order chi connectivity index (χ1) is 9.41. The summed E-state index contributed by atoms with van der Waals surface area (Å²) < 4.78 is 0. The fourth-order valence-corrected chi connectivity index (χ4v) is 2.43. The zero-order valence-corrected chi connectivity index (χ0v) is 13.9. The maximum atomic E-state index is 3.98. The molecule has 0 saturated heterocycles. The van der Waals surface area contributed by atoms with E-state index < -0.39 is 0 Å². The quantitative estimate of drug-likeness (QED) is 0.177. The fourth-order valence-electron chi connectivity index (χ4n) is 2.27. The van der Waals surface area contributed by atoms with Crippen LogP contribution in [0.4, 0.5) is 0 Å². The molecule has 0 amide bonds. The van der Waals surface area contributed by atoms with Crippen molar-refractivity contribution < 1.29 is 0 Å². The van der Waals surface area contributed by atoms with Crippen LogP contribution in [0.5, 0.6) is 0 Å². The van der Waals surface area contributed by atoms with Crippen LogP contribution in [0.25, 0.3) is 0 Å². The molecule has 0 fully saturated rings. The number of allylic oxidation sites excluding steroid dienone is 2. The molecule has 0 spiro atoms. The molecule has 0 aliphatic heterocycles. The van der Waals surface area contributed by atoms with Crippen LogP contribution in [-0.2, 0) is 0 Å². The van der Waals surface area contributed by atoms with Crippen molar-refractivity contribution in [3.05, 3.63) is 12.2 Å². The molecule has 0 saturated carbocycles. The molecule has 0 aliphatic carbocycles. The summed E-state index contributed by atoms with van der Waals surface area (Å²) in [5.74, 6) is 0. The predicted molar refractivity (Wildman–Crippen MR) is 90.3 cm³/mol. The minimum atomic E-state index is 1.04. The van der Waals surface area contributed by atoms with Crippen LogP contribution in [0.15, 0.2) is 12.2 Å². The van der Waals surface area contributed by atoms with Gasteiger partial charge >= 0.3 is 84.3 Å². The summed E-state index contributed by atoms with van der Waals surface area (Å²) in [6, 6.07) is 0. The number of rotatable bonds is 14. The third-order valence-electron chi connectivity index (χ3n) is 3.55. The van der Waals surface area contributed by atoms with E-state index in [0.717, 1.165) is 6.42 Å². The van der Waals surface area contributed by atoms with Crippen molar-refractivity contribution >= 4 is 8.70 Å². The molecule has 0 aromatic heterocycles. The second-order valence-corrected chi connectivity index (χ2v) is 5.81. The van der Waals surface area contributed by atoms with Crippen LogP contribution in [0.1, 0.15) is 96.8 Å². The molecule has 110 valence electrons. The van der Waals surface area contributed by atoms with Crippen molar-refractivity contribution in [1.82, 2.24) is 0 Å². The van der Waals surface area contributed by atoms with Crippen molar-refractivity contribution in [2.75, 3.05) is 0 Å². The molecule has 0 atom stereocenters. The molecular formula is C18H33P. The zero-order chi connectivity index (χ0) is 14.0. The van der Waals surface area contributed by atoms with Gasteiger partial charge in [-0.1, -0.05) is 39.0 Å². The summed E-state index contributed by atoms with van der Waals surface area (Å²) in [5, 5.41) is 0. The monoisotopic (exact) mass is 280 g/mol. The summed E-state index contributed by atoms with van der Waals surface area (Å²) in [4.78, 5) is 0. The Hall–Kier alpha value is -0.0500. The van der Waals surface area contributed by atoms with Gasteiger partial charge in [0.25, 0.3) is 0 Å². The summed E-state index contributed by atoms with van der Waals surface area (Å²) in [6.45, 7) is 2.28. The maximum absolute atomic E-state index is 3.98. The molecule has 0 nitrogen and oxygen atoms in total. The molecule has 0 aliphatic rings. The van der Waals surface area contributed by atoms with Crippen LogP contribution in [0.3, 0.4) is 0 Å². The molecule has 0 heterocycles. The number of hydrogen-bond acceptors (Lipinski definition) is 0. The molecule has 19 heavy (non-hydrogen) atoms. The van der Waals surface area contributed by atoms with Gasteiger partial charge in [-0.3, -0.25) is 0 Å². The van der Waals surface area contributed by atoms with E-state index >= 15 is 0 Å². The molecule has 0 rings (SSSR count). The molecule has 0 aromatic rings. The Kier molecular flexibility index (Phi) is 17.9. The molecule has 0 N–H and O–H groups in total. The van der Waals surface area contributed by atoms with E-state index in [1.54, 1.807) is 0 Å². The average molecular weight is 280 g/mol. The first kappa shape index (κ1) is 18.9. The Balaban J connectivity index is 3.03. The second-order valence-electron chi connectivity index (χ2n) is 5.49. The summed E-state index contributed by atoms with van der Waals surface area (Å²) in [5.41, 5.74) is 2.90. The molecule has 0 radical (unpaired) electrons. The van der Waals surface area contributed by atoms with Crippen LogP contribution in [0, 0.1) is 5.63 Å². The van der Waals surface area contributed by atoms with Gasteiger partial charge in [-0.25, -0.2) is 0 Å². The van der Waals surface area contributed by atoms with Gasteiger partial charge in [0, 0.05) is 0 Å². The van der Waals surface area contributed by atoms with Gasteiger partial charge in [0.2, 0.25) is 0 Å².